The summed E-state index contributed by atoms with van der Waals surface area (Å²) >= 11 is 0. The summed E-state index contributed by atoms with van der Waals surface area (Å²) in [5, 5.41) is 0. The number of hydrogen-bond acceptors (Lipinski definition) is 0. The van der Waals surface area contributed by atoms with E-state index in [1.54, 1.807) is 0 Å². The van der Waals surface area contributed by atoms with E-state index in [1.165, 1.54) is 0 Å². The molecule has 0 aliphatic heterocycles. The van der Waals surface area contributed by atoms with Crippen LogP contribution in [0.3, 0.4) is 0 Å². The van der Waals surface area contributed by atoms with E-state index in [2.05, 4.69) is 13.5 Å². The van der Waals surface area contributed by atoms with E-state index in [0.29, 0.717) is 0 Å². The molecule has 0 radical (unpaired) electrons. The second-order valence-corrected chi connectivity index (χ2v) is 0.697. The van der Waals surface area contributed by atoms with Gasteiger partial charge in [0, 0.05) is 0 Å². The van der Waals surface area contributed by atoms with E-state index < -0.39 is 0 Å². The van der Waals surface area contributed by atoms with Crippen molar-refractivity contribution in [3.05, 3.63) is 12.7 Å². The van der Waals surface area contributed by atoms with E-state index in [1.807, 2.05) is 6.08 Å². The van der Waals surface area contributed by atoms with Crippen molar-refractivity contribution in [1.82, 2.24) is 0 Å². The highest BCUT2D eigenvalue weighted by molar-refractivity contribution is 4.60. The molecule has 0 spiro atoms. The summed E-state index contributed by atoms with van der Waals surface area (Å²) in [5.41, 5.74) is 0. The molecule has 0 nitrogen and oxygen atoms in total. The summed E-state index contributed by atoms with van der Waals surface area (Å²) in [7, 11) is 0. The second-order valence-electron chi connectivity index (χ2n) is 0.697. The van der Waals surface area contributed by atoms with E-state index in [4.69, 9.17) is 0 Å². The molecule has 0 unspecified atom stereocenters. The van der Waals surface area contributed by atoms with Crippen molar-refractivity contribution < 1.29 is 0 Å². The van der Waals surface area contributed by atoms with Crippen molar-refractivity contribution in [1.29, 1.82) is 0 Å². The van der Waals surface area contributed by atoms with Crippen LogP contribution in [0.1, 0.15) is 13.3 Å². The number of rotatable bonds is 1. The van der Waals surface area contributed by atoms with Crippen LogP contribution in [0.2, 0.25) is 0 Å². The van der Waals surface area contributed by atoms with Crippen molar-refractivity contribution in [3.8, 4) is 0 Å². The van der Waals surface area contributed by atoms with Gasteiger partial charge in [-0.1, -0.05) is 13.0 Å². The molecular formula is C4H8. The Balaban J connectivity index is 2.30. The van der Waals surface area contributed by atoms with Crippen molar-refractivity contribution >= 4 is 0 Å². The summed E-state index contributed by atoms with van der Waals surface area (Å²) in [6.45, 7) is 5.54. The first kappa shape index (κ1) is 3.74. The molecule has 0 aliphatic carbocycles. The van der Waals surface area contributed by atoms with Gasteiger partial charge in [0.15, 0.2) is 0 Å². The van der Waals surface area contributed by atoms with Crippen LogP contribution in [0, 0.1) is 0 Å². The van der Waals surface area contributed by atoms with Crippen LogP contribution >= 0.6 is 0 Å². The van der Waals surface area contributed by atoms with E-state index >= 15 is 0 Å². The summed E-state index contributed by atoms with van der Waals surface area (Å²) in [5.74, 6) is 0. The molecule has 0 saturated heterocycles. The molecule has 0 aromatic rings. The highest BCUT2D eigenvalue weighted by Gasteiger charge is 1.45. The largest absolute Gasteiger partial charge is 0.103 e. The summed E-state index contributed by atoms with van der Waals surface area (Å²) in [4.78, 5) is 0. The fourth-order valence-corrected chi connectivity index (χ4v) is 0. The molecule has 0 heterocycles. The standard InChI is InChI=1S/C4H8/c1-3-4-2/h3H,1,4H2,2H3/i1+0,2+1,3+0,4+1. The lowest BCUT2D eigenvalue weighted by molar-refractivity contribution is 1.23. The van der Waals surface area contributed by atoms with Crippen LogP contribution in [-0.4, -0.2) is 0 Å². The van der Waals surface area contributed by atoms with Gasteiger partial charge in [0.2, 0.25) is 0 Å². The SMILES string of the molecule is [12CH2]=[12CH][13CH2][13CH3]. The van der Waals surface area contributed by atoms with Crippen LogP contribution in [-0.2, 0) is 0 Å². The maximum absolute atomic E-state index is 3.48. The van der Waals surface area contributed by atoms with Crippen LogP contribution in [0.5, 0.6) is 0 Å². The average molecular weight is 58.1 g/mol. The van der Waals surface area contributed by atoms with Crippen LogP contribution < -0.4 is 0 Å². The van der Waals surface area contributed by atoms with Gasteiger partial charge in [-0.2, -0.15) is 0 Å². The average Bonchev–Trinajstić information content (AvgIpc) is 1.37. The minimum absolute atomic E-state index is 1.08. The Bertz CT molecular complexity index is 14.0. The third-order valence-electron chi connectivity index (χ3n) is 0.289. The van der Waals surface area contributed by atoms with E-state index in [-0.39, 0.29) is 0 Å². The third kappa shape index (κ3) is 1.74. The van der Waals surface area contributed by atoms with Gasteiger partial charge in [-0.15, -0.1) is 6.58 Å². The molecule has 24 valence electrons. The topological polar surface area (TPSA) is 0 Å². The van der Waals surface area contributed by atoms with Crippen LogP contribution in [0.15, 0.2) is 12.7 Å². The molecule has 0 aromatic carbocycles. The Morgan fingerprint density at radius 1 is 2.00 bits per heavy atom. The van der Waals surface area contributed by atoms with Gasteiger partial charge in [-0.25, -0.2) is 0 Å². The molecule has 0 aromatic heterocycles. The molecular weight excluding hydrogens is 50.0 g/mol. The van der Waals surface area contributed by atoms with Crippen molar-refractivity contribution in [2.24, 2.45) is 0 Å². The third-order valence-corrected chi connectivity index (χ3v) is 0.289. The lowest BCUT2D eigenvalue weighted by Crippen LogP contribution is -1.36. The molecule has 0 bridgehead atoms. The van der Waals surface area contributed by atoms with Crippen molar-refractivity contribution in [3.63, 3.8) is 0 Å². The normalized spacial score (nSPS) is 6.25. The van der Waals surface area contributed by atoms with Gasteiger partial charge in [-0.3, -0.25) is 0 Å². The zero-order chi connectivity index (χ0) is 3.41. The summed E-state index contributed by atoms with van der Waals surface area (Å²) in [6, 6.07) is 0. The minimum atomic E-state index is 1.08. The zero-order valence-corrected chi connectivity index (χ0v) is 2.99. The van der Waals surface area contributed by atoms with E-state index in [9.17, 15) is 0 Å². The van der Waals surface area contributed by atoms with Gasteiger partial charge in [0.1, 0.15) is 0 Å². The fraction of sp³-hybridized carbons (Fsp3) is 0.500. The molecule has 0 N–H and O–H groups in total. The Labute approximate surface area is 27.1 Å². The minimum Gasteiger partial charge on any atom is -0.103 e. The molecule has 0 aliphatic rings. The first-order valence-electron chi connectivity index (χ1n) is 1.52. The fourth-order valence-electron chi connectivity index (χ4n) is 0. The molecule has 0 fully saturated rings. The van der Waals surface area contributed by atoms with Crippen molar-refractivity contribution in [2.45, 2.75) is 13.3 Å². The van der Waals surface area contributed by atoms with Gasteiger partial charge in [0.05, 0.1) is 0 Å². The Morgan fingerprint density at radius 3 is 2.25 bits per heavy atom. The smallest absolute Gasteiger partial charge is 0.0382 e. The highest BCUT2D eigenvalue weighted by atomic mass is 14.3. The maximum Gasteiger partial charge on any atom is -0.0382 e. The first-order valence-corrected chi connectivity index (χ1v) is 1.52. The number of hydrogen-bond donors (Lipinski definition) is 0. The molecule has 0 saturated carbocycles. The lowest BCUT2D eigenvalue weighted by Gasteiger charge is -1.57. The zero-order valence-electron chi connectivity index (χ0n) is 2.99. The molecule has 0 heteroatoms. The van der Waals surface area contributed by atoms with Gasteiger partial charge in [0.25, 0.3) is 0 Å². The van der Waals surface area contributed by atoms with Crippen LogP contribution in [0.4, 0.5) is 0 Å². The second kappa shape index (κ2) is 2.74. The van der Waals surface area contributed by atoms with Crippen molar-refractivity contribution in [2.75, 3.05) is 0 Å². The predicted molar refractivity (Wildman–Crippen MR) is 20.5 cm³/mol. The summed E-state index contributed by atoms with van der Waals surface area (Å²) in [6.07, 6.45) is 2.96. The molecule has 0 amide bonds. The molecule has 0 atom stereocenters. The van der Waals surface area contributed by atoms with Crippen LogP contribution in [0.25, 0.3) is 0 Å². The monoisotopic (exact) mass is 58.1 g/mol. The maximum atomic E-state index is 3.48. The Morgan fingerprint density at radius 2 is 2.25 bits per heavy atom. The van der Waals surface area contributed by atoms with E-state index in [0.717, 1.165) is 6.42 Å². The molecule has 0 rings (SSSR count). The predicted octanol–water partition coefficient (Wildman–Crippen LogP) is 1.58. The highest BCUT2D eigenvalue weighted by Crippen LogP contribution is 1.66. The summed E-state index contributed by atoms with van der Waals surface area (Å²) < 4.78 is 0. The van der Waals surface area contributed by atoms with Gasteiger partial charge in [-0.05, 0) is 6.42 Å². The first-order chi connectivity index (χ1) is 1.91. The number of allylic oxidation sites excluding steroid dienone is 1. The molecule has 4 heavy (non-hydrogen) atoms. The Hall–Kier alpha value is -0.260. The van der Waals surface area contributed by atoms with Gasteiger partial charge < -0.3 is 0 Å². The lowest BCUT2D eigenvalue weighted by atomic mass is 10.9. The quantitative estimate of drug-likeness (QED) is 0.317. The Kier molecular flexibility index (Phi) is 2.56. The van der Waals surface area contributed by atoms with Gasteiger partial charge >= 0.3 is 0 Å².